The molecule has 0 aromatic carbocycles. The summed E-state index contributed by atoms with van der Waals surface area (Å²) in [6.45, 7) is 4.14. The van der Waals surface area contributed by atoms with Crippen molar-refractivity contribution < 1.29 is 14.3 Å². The minimum absolute atomic E-state index is 0.0942. The molecule has 1 unspecified atom stereocenters. The van der Waals surface area contributed by atoms with Crippen molar-refractivity contribution in [1.29, 1.82) is 0 Å². The molecular formula is C12H14BrNO3S. The number of hydrogen-bond donors (Lipinski definition) is 0. The van der Waals surface area contributed by atoms with Crippen LogP contribution < -0.4 is 0 Å². The second-order valence-electron chi connectivity index (χ2n) is 4.06. The highest BCUT2D eigenvalue weighted by molar-refractivity contribution is 9.11. The van der Waals surface area contributed by atoms with Crippen LogP contribution in [0.1, 0.15) is 30.3 Å². The third-order valence-electron chi connectivity index (χ3n) is 2.91. The van der Waals surface area contributed by atoms with Gasteiger partial charge < -0.3 is 9.64 Å². The standard InChI is InChI=1S/C12H14BrNO3S/c1-3-17-12(16)10-11-8(6-9(13)18-11)4-5-14(10)7(2)15/h6,10H,3-5H2,1-2H3. The minimum atomic E-state index is -0.581. The fraction of sp³-hybridized carbons (Fsp3) is 0.500. The van der Waals surface area contributed by atoms with Crippen LogP contribution >= 0.6 is 27.3 Å². The van der Waals surface area contributed by atoms with Crippen molar-refractivity contribution in [3.8, 4) is 0 Å². The zero-order chi connectivity index (χ0) is 13.3. The van der Waals surface area contributed by atoms with Gasteiger partial charge in [-0.05, 0) is 40.9 Å². The van der Waals surface area contributed by atoms with Crippen molar-refractivity contribution in [3.05, 3.63) is 20.3 Å². The Morgan fingerprint density at radius 3 is 2.94 bits per heavy atom. The van der Waals surface area contributed by atoms with Gasteiger partial charge in [-0.3, -0.25) is 4.79 Å². The Labute approximate surface area is 118 Å². The summed E-state index contributed by atoms with van der Waals surface area (Å²) in [5, 5.41) is 0. The van der Waals surface area contributed by atoms with Gasteiger partial charge in [0.05, 0.1) is 10.4 Å². The monoisotopic (exact) mass is 331 g/mol. The largest absolute Gasteiger partial charge is 0.464 e. The summed E-state index contributed by atoms with van der Waals surface area (Å²) in [6.07, 6.45) is 0.785. The lowest BCUT2D eigenvalue weighted by molar-refractivity contribution is -0.155. The third kappa shape index (κ3) is 2.44. The molecule has 6 heteroatoms. The number of amides is 1. The molecule has 1 aliphatic heterocycles. The Balaban J connectivity index is 2.39. The predicted octanol–water partition coefficient (Wildman–Crippen LogP) is 2.52. The lowest BCUT2D eigenvalue weighted by Gasteiger charge is -2.33. The first-order valence-electron chi connectivity index (χ1n) is 5.76. The van der Waals surface area contributed by atoms with E-state index in [9.17, 15) is 9.59 Å². The summed E-state index contributed by atoms with van der Waals surface area (Å²) < 4.78 is 6.07. The Hall–Kier alpha value is -0.880. The normalized spacial score (nSPS) is 18.4. The maximum atomic E-state index is 12.1. The number of fused-ring (bicyclic) bond motifs is 1. The van der Waals surface area contributed by atoms with Crippen LogP contribution in [0.25, 0.3) is 0 Å². The smallest absolute Gasteiger partial charge is 0.334 e. The summed E-state index contributed by atoms with van der Waals surface area (Å²) in [6, 6.07) is 1.44. The molecule has 0 saturated heterocycles. The quantitative estimate of drug-likeness (QED) is 0.782. The van der Waals surface area contributed by atoms with Gasteiger partial charge in [-0.2, -0.15) is 0 Å². The van der Waals surface area contributed by atoms with Crippen LogP contribution in [-0.2, 0) is 20.7 Å². The first-order chi connectivity index (χ1) is 8.54. The maximum absolute atomic E-state index is 12.1. The Morgan fingerprint density at radius 2 is 2.33 bits per heavy atom. The van der Waals surface area contributed by atoms with Crippen molar-refractivity contribution in [2.24, 2.45) is 0 Å². The Bertz CT molecular complexity index is 486. The zero-order valence-electron chi connectivity index (χ0n) is 10.2. The van der Waals surface area contributed by atoms with Gasteiger partial charge in [-0.25, -0.2) is 4.79 Å². The average Bonchev–Trinajstić information content (AvgIpc) is 2.67. The molecule has 18 heavy (non-hydrogen) atoms. The fourth-order valence-corrected chi connectivity index (χ4v) is 3.98. The molecule has 2 rings (SSSR count). The van der Waals surface area contributed by atoms with Crippen LogP contribution in [0, 0.1) is 0 Å². The van der Waals surface area contributed by atoms with E-state index in [0.29, 0.717) is 13.2 Å². The van der Waals surface area contributed by atoms with E-state index >= 15 is 0 Å². The van der Waals surface area contributed by atoms with Crippen LogP contribution in [0.15, 0.2) is 9.85 Å². The summed E-state index contributed by atoms with van der Waals surface area (Å²) >= 11 is 4.92. The molecule has 1 amide bonds. The molecule has 0 aliphatic carbocycles. The molecule has 2 heterocycles. The molecule has 0 fully saturated rings. The molecule has 0 bridgehead atoms. The summed E-state index contributed by atoms with van der Waals surface area (Å²) in [4.78, 5) is 26.2. The van der Waals surface area contributed by atoms with E-state index in [1.807, 2.05) is 6.07 Å². The molecule has 0 spiro atoms. The Morgan fingerprint density at radius 1 is 1.61 bits per heavy atom. The van der Waals surface area contributed by atoms with Crippen molar-refractivity contribution in [3.63, 3.8) is 0 Å². The number of ether oxygens (including phenoxy) is 1. The second kappa shape index (κ2) is 5.40. The third-order valence-corrected chi connectivity index (χ3v) is 4.64. The van der Waals surface area contributed by atoms with E-state index in [0.717, 1.165) is 20.6 Å². The van der Waals surface area contributed by atoms with Gasteiger partial charge in [-0.15, -0.1) is 11.3 Å². The minimum Gasteiger partial charge on any atom is -0.464 e. The molecule has 4 nitrogen and oxygen atoms in total. The maximum Gasteiger partial charge on any atom is 0.334 e. The Kier molecular flexibility index (Phi) is 4.07. The lowest BCUT2D eigenvalue weighted by atomic mass is 10.0. The van der Waals surface area contributed by atoms with Crippen LogP contribution in [0.2, 0.25) is 0 Å². The van der Waals surface area contributed by atoms with Gasteiger partial charge in [0.15, 0.2) is 6.04 Å². The van der Waals surface area contributed by atoms with Gasteiger partial charge in [0.1, 0.15) is 0 Å². The molecule has 1 atom stereocenters. The van der Waals surface area contributed by atoms with Crippen molar-refractivity contribution >= 4 is 39.1 Å². The summed E-state index contributed by atoms with van der Waals surface area (Å²) in [7, 11) is 0. The topological polar surface area (TPSA) is 46.6 Å². The molecule has 0 saturated carbocycles. The molecule has 1 aliphatic rings. The van der Waals surface area contributed by atoms with E-state index < -0.39 is 6.04 Å². The van der Waals surface area contributed by atoms with Gasteiger partial charge in [0.25, 0.3) is 0 Å². The van der Waals surface area contributed by atoms with E-state index in [1.165, 1.54) is 18.3 Å². The first kappa shape index (κ1) is 13.5. The molecule has 98 valence electrons. The fourth-order valence-electron chi connectivity index (χ4n) is 2.14. The molecule has 1 aromatic rings. The average molecular weight is 332 g/mol. The number of rotatable bonds is 2. The summed E-state index contributed by atoms with van der Waals surface area (Å²) in [5.74, 6) is -0.439. The van der Waals surface area contributed by atoms with Crippen LogP contribution in [0.3, 0.4) is 0 Å². The van der Waals surface area contributed by atoms with Crippen LogP contribution in [0.5, 0.6) is 0 Å². The molecular weight excluding hydrogens is 318 g/mol. The molecule has 0 radical (unpaired) electrons. The van der Waals surface area contributed by atoms with Crippen molar-refractivity contribution in [1.82, 2.24) is 4.90 Å². The number of nitrogens with zero attached hydrogens (tertiary/aromatic N) is 1. The van der Waals surface area contributed by atoms with Gasteiger partial charge in [-0.1, -0.05) is 0 Å². The zero-order valence-corrected chi connectivity index (χ0v) is 12.6. The van der Waals surface area contributed by atoms with Crippen LogP contribution in [-0.4, -0.2) is 29.9 Å². The van der Waals surface area contributed by atoms with Crippen LogP contribution in [0.4, 0.5) is 0 Å². The van der Waals surface area contributed by atoms with Gasteiger partial charge >= 0.3 is 5.97 Å². The second-order valence-corrected chi connectivity index (χ2v) is 6.52. The van der Waals surface area contributed by atoms with E-state index in [-0.39, 0.29) is 11.9 Å². The van der Waals surface area contributed by atoms with Gasteiger partial charge in [0.2, 0.25) is 5.91 Å². The molecule has 0 N–H and O–H groups in total. The highest BCUT2D eigenvalue weighted by atomic mass is 79.9. The van der Waals surface area contributed by atoms with E-state index in [1.54, 1.807) is 11.8 Å². The predicted molar refractivity (Wildman–Crippen MR) is 72.5 cm³/mol. The van der Waals surface area contributed by atoms with Crippen molar-refractivity contribution in [2.45, 2.75) is 26.3 Å². The van der Waals surface area contributed by atoms with Crippen molar-refractivity contribution in [2.75, 3.05) is 13.2 Å². The summed E-state index contributed by atoms with van der Waals surface area (Å²) in [5.41, 5.74) is 1.13. The lowest BCUT2D eigenvalue weighted by Crippen LogP contribution is -2.42. The van der Waals surface area contributed by atoms with Gasteiger partial charge in [0, 0.05) is 18.3 Å². The van der Waals surface area contributed by atoms with E-state index in [2.05, 4.69) is 15.9 Å². The number of thiophene rings is 1. The highest BCUT2D eigenvalue weighted by Gasteiger charge is 2.37. The number of halogens is 1. The highest BCUT2D eigenvalue weighted by Crippen LogP contribution is 2.39. The number of hydrogen-bond acceptors (Lipinski definition) is 4. The number of esters is 1. The number of carbonyl (C=O) groups excluding carboxylic acids is 2. The first-order valence-corrected chi connectivity index (χ1v) is 7.37. The molecule has 1 aromatic heterocycles. The SMILES string of the molecule is CCOC(=O)C1c2sc(Br)cc2CCN1C(C)=O. The van der Waals surface area contributed by atoms with E-state index in [4.69, 9.17) is 4.74 Å². The number of carbonyl (C=O) groups is 2.